The van der Waals surface area contributed by atoms with Crippen LogP contribution in [0.3, 0.4) is 0 Å². The average Bonchev–Trinajstić information content (AvgIpc) is 3.15. The van der Waals surface area contributed by atoms with Gasteiger partial charge in [-0.15, -0.1) is 0 Å². The summed E-state index contributed by atoms with van der Waals surface area (Å²) in [4.78, 5) is 0. The van der Waals surface area contributed by atoms with E-state index in [4.69, 9.17) is 12.2 Å². The molecule has 0 unspecified atom stereocenters. The molecule has 2 rings (SSSR count). The molecule has 1 aliphatic carbocycles. The van der Waals surface area contributed by atoms with Gasteiger partial charge in [0.15, 0.2) is 5.11 Å². The molecule has 2 N–H and O–H groups in total. The topological polar surface area (TPSA) is 36.4 Å². The molecule has 0 saturated heterocycles. The SMILES string of the molecule is CNC(=S)NN=C(c1ccc(F)cc1)C1CC1. The van der Waals surface area contributed by atoms with Crippen molar-refractivity contribution in [1.29, 1.82) is 0 Å². The quantitative estimate of drug-likeness (QED) is 0.490. The van der Waals surface area contributed by atoms with Crippen LogP contribution in [-0.4, -0.2) is 17.9 Å². The summed E-state index contributed by atoms with van der Waals surface area (Å²) in [5, 5.41) is 7.57. The molecule has 0 bridgehead atoms. The number of nitrogens with one attached hydrogen (secondary N) is 2. The first kappa shape index (κ1) is 12.0. The third-order valence-electron chi connectivity index (χ3n) is 2.61. The predicted molar refractivity (Wildman–Crippen MR) is 70.5 cm³/mol. The lowest BCUT2D eigenvalue weighted by atomic mass is 10.1. The molecule has 90 valence electrons. The zero-order chi connectivity index (χ0) is 12.3. The maximum absolute atomic E-state index is 12.8. The monoisotopic (exact) mass is 251 g/mol. The molecule has 1 aliphatic rings. The summed E-state index contributed by atoms with van der Waals surface area (Å²) in [6.45, 7) is 0. The van der Waals surface area contributed by atoms with E-state index in [9.17, 15) is 4.39 Å². The van der Waals surface area contributed by atoms with Crippen LogP contribution >= 0.6 is 12.2 Å². The van der Waals surface area contributed by atoms with E-state index in [1.54, 1.807) is 19.2 Å². The third kappa shape index (κ3) is 3.23. The Morgan fingerprint density at radius 3 is 2.53 bits per heavy atom. The van der Waals surface area contributed by atoms with Crippen molar-refractivity contribution in [3.05, 3.63) is 35.6 Å². The van der Waals surface area contributed by atoms with E-state index in [1.165, 1.54) is 12.1 Å². The first-order valence-corrected chi connectivity index (χ1v) is 5.93. The number of nitrogens with zero attached hydrogens (tertiary/aromatic N) is 1. The minimum Gasteiger partial charge on any atom is -0.364 e. The number of halogens is 1. The van der Waals surface area contributed by atoms with Gasteiger partial charge in [-0.3, -0.25) is 5.43 Å². The fourth-order valence-electron chi connectivity index (χ4n) is 1.54. The number of thiocarbonyl (C=S) groups is 1. The maximum Gasteiger partial charge on any atom is 0.186 e. The number of hydrazone groups is 1. The normalized spacial score (nSPS) is 15.5. The molecule has 0 aromatic heterocycles. The van der Waals surface area contributed by atoms with E-state index in [-0.39, 0.29) is 5.82 Å². The fourth-order valence-corrected chi connectivity index (χ4v) is 1.58. The second kappa shape index (κ2) is 5.23. The zero-order valence-corrected chi connectivity index (χ0v) is 10.4. The molecule has 0 heterocycles. The molecule has 17 heavy (non-hydrogen) atoms. The lowest BCUT2D eigenvalue weighted by Crippen LogP contribution is -2.29. The highest BCUT2D eigenvalue weighted by atomic mass is 32.1. The van der Waals surface area contributed by atoms with Crippen molar-refractivity contribution >= 4 is 23.0 Å². The van der Waals surface area contributed by atoms with Crippen LogP contribution in [0.5, 0.6) is 0 Å². The minimum atomic E-state index is -0.234. The van der Waals surface area contributed by atoms with E-state index < -0.39 is 0 Å². The first-order chi connectivity index (χ1) is 8.20. The molecule has 0 aliphatic heterocycles. The number of benzene rings is 1. The summed E-state index contributed by atoms with van der Waals surface area (Å²) < 4.78 is 12.8. The van der Waals surface area contributed by atoms with Gasteiger partial charge in [0.1, 0.15) is 5.82 Å². The summed E-state index contributed by atoms with van der Waals surface area (Å²) in [7, 11) is 1.74. The highest BCUT2D eigenvalue weighted by molar-refractivity contribution is 7.80. The van der Waals surface area contributed by atoms with Crippen LogP contribution < -0.4 is 10.7 Å². The standard InChI is InChI=1S/C12H14FN3S/c1-14-12(17)16-15-11(8-2-3-8)9-4-6-10(13)7-5-9/h4-8H,2-3H2,1H3,(H2,14,16,17). The van der Waals surface area contributed by atoms with Crippen molar-refractivity contribution in [1.82, 2.24) is 10.7 Å². The van der Waals surface area contributed by atoms with Gasteiger partial charge < -0.3 is 5.32 Å². The van der Waals surface area contributed by atoms with Gasteiger partial charge in [0.2, 0.25) is 0 Å². The van der Waals surface area contributed by atoms with Gasteiger partial charge in [-0.2, -0.15) is 5.10 Å². The Bertz CT molecular complexity index is 438. The number of hydrogen-bond donors (Lipinski definition) is 2. The molecule has 1 saturated carbocycles. The lowest BCUT2D eigenvalue weighted by molar-refractivity contribution is 0.627. The maximum atomic E-state index is 12.8. The van der Waals surface area contributed by atoms with Gasteiger partial charge >= 0.3 is 0 Å². The fraction of sp³-hybridized carbons (Fsp3) is 0.333. The molecule has 0 amide bonds. The van der Waals surface area contributed by atoms with Gasteiger partial charge in [-0.25, -0.2) is 4.39 Å². The lowest BCUT2D eigenvalue weighted by Gasteiger charge is -2.07. The molecule has 0 atom stereocenters. The van der Waals surface area contributed by atoms with Crippen LogP contribution in [0.4, 0.5) is 4.39 Å². The molecule has 5 heteroatoms. The van der Waals surface area contributed by atoms with Crippen molar-refractivity contribution in [2.45, 2.75) is 12.8 Å². The second-order valence-electron chi connectivity index (χ2n) is 3.97. The molecule has 1 aromatic rings. The Kier molecular flexibility index (Phi) is 3.68. The Morgan fingerprint density at radius 1 is 1.35 bits per heavy atom. The second-order valence-corrected chi connectivity index (χ2v) is 4.38. The molecule has 1 fully saturated rings. The highest BCUT2D eigenvalue weighted by Crippen LogP contribution is 2.33. The Hall–Kier alpha value is -1.49. The van der Waals surface area contributed by atoms with E-state index in [0.29, 0.717) is 11.0 Å². The molecule has 0 radical (unpaired) electrons. The van der Waals surface area contributed by atoms with E-state index in [1.807, 2.05) is 0 Å². The Morgan fingerprint density at radius 2 is 2.00 bits per heavy atom. The van der Waals surface area contributed by atoms with Crippen LogP contribution in [0.25, 0.3) is 0 Å². The van der Waals surface area contributed by atoms with Crippen molar-refractivity contribution in [2.24, 2.45) is 11.0 Å². The van der Waals surface area contributed by atoms with Gasteiger partial charge in [0, 0.05) is 13.0 Å². The van der Waals surface area contributed by atoms with Crippen LogP contribution in [0.1, 0.15) is 18.4 Å². The van der Waals surface area contributed by atoms with Crippen molar-refractivity contribution in [3.63, 3.8) is 0 Å². The summed E-state index contributed by atoms with van der Waals surface area (Å²) in [6.07, 6.45) is 2.26. The first-order valence-electron chi connectivity index (χ1n) is 5.52. The summed E-state index contributed by atoms with van der Waals surface area (Å²) in [6, 6.07) is 6.39. The predicted octanol–water partition coefficient (Wildman–Crippen LogP) is 2.03. The number of rotatable bonds is 3. The Balaban J connectivity index is 2.17. The van der Waals surface area contributed by atoms with Crippen molar-refractivity contribution in [2.75, 3.05) is 7.05 Å². The summed E-state index contributed by atoms with van der Waals surface area (Å²) >= 11 is 4.96. The molecule has 1 aromatic carbocycles. The largest absolute Gasteiger partial charge is 0.364 e. The molecule has 3 nitrogen and oxygen atoms in total. The smallest absolute Gasteiger partial charge is 0.186 e. The minimum absolute atomic E-state index is 0.234. The van der Waals surface area contributed by atoms with Gasteiger partial charge in [-0.1, -0.05) is 12.1 Å². The highest BCUT2D eigenvalue weighted by Gasteiger charge is 2.28. The number of hydrogen-bond acceptors (Lipinski definition) is 2. The van der Waals surface area contributed by atoms with Gasteiger partial charge in [0.05, 0.1) is 5.71 Å². The van der Waals surface area contributed by atoms with Crippen molar-refractivity contribution < 1.29 is 4.39 Å². The van der Waals surface area contributed by atoms with E-state index >= 15 is 0 Å². The molecule has 0 spiro atoms. The van der Waals surface area contributed by atoms with E-state index in [2.05, 4.69) is 15.8 Å². The van der Waals surface area contributed by atoms with Gasteiger partial charge in [0.25, 0.3) is 0 Å². The van der Waals surface area contributed by atoms with Crippen molar-refractivity contribution in [3.8, 4) is 0 Å². The summed E-state index contributed by atoms with van der Waals surface area (Å²) in [5.74, 6) is 0.232. The van der Waals surface area contributed by atoms with Crippen LogP contribution in [-0.2, 0) is 0 Å². The average molecular weight is 251 g/mol. The van der Waals surface area contributed by atoms with Crippen LogP contribution in [0.15, 0.2) is 29.4 Å². The van der Waals surface area contributed by atoms with Crippen LogP contribution in [0, 0.1) is 11.7 Å². The van der Waals surface area contributed by atoms with E-state index in [0.717, 1.165) is 24.1 Å². The third-order valence-corrected chi connectivity index (χ3v) is 2.90. The van der Waals surface area contributed by atoms with Crippen LogP contribution in [0.2, 0.25) is 0 Å². The molecular weight excluding hydrogens is 237 g/mol. The zero-order valence-electron chi connectivity index (χ0n) is 9.53. The summed E-state index contributed by atoms with van der Waals surface area (Å²) in [5.41, 5.74) is 4.67. The molecular formula is C12H14FN3S. The van der Waals surface area contributed by atoms with Gasteiger partial charge in [-0.05, 0) is 42.8 Å². The Labute approximate surface area is 105 Å².